The number of carbonyl (C=O) groups is 2. The van der Waals surface area contributed by atoms with E-state index in [1.807, 2.05) is 0 Å². The Morgan fingerprint density at radius 1 is 1.00 bits per heavy atom. The van der Waals surface area contributed by atoms with Crippen molar-refractivity contribution in [2.45, 2.75) is 30.4 Å². The lowest BCUT2D eigenvalue weighted by Gasteiger charge is -2.19. The maximum atomic E-state index is 12.2. The molecule has 0 spiro atoms. The summed E-state index contributed by atoms with van der Waals surface area (Å²) in [6, 6.07) is 3.82. The number of sulfone groups is 1. The van der Waals surface area contributed by atoms with Crippen LogP contribution in [0, 0.1) is 0 Å². The number of carbonyl (C=O) groups excluding carboxylic acids is 2. The van der Waals surface area contributed by atoms with Gasteiger partial charge in [-0.05, 0) is 39.0 Å². The molecule has 0 bridgehead atoms. The van der Waals surface area contributed by atoms with Crippen molar-refractivity contribution in [2.24, 2.45) is 0 Å². The standard InChI is InChI=1S/C12H12O5S/c1-12(2,3)18(15,16)7-4-5-8-9(6-7)11(14)17-10(8)13/h4-6H,1-3H3. The zero-order valence-corrected chi connectivity index (χ0v) is 11.0. The van der Waals surface area contributed by atoms with Gasteiger partial charge in [0, 0.05) is 0 Å². The molecule has 1 aromatic carbocycles. The number of benzene rings is 1. The third-order valence-corrected chi connectivity index (χ3v) is 5.22. The van der Waals surface area contributed by atoms with Gasteiger partial charge in [-0.1, -0.05) is 0 Å². The molecule has 1 aliphatic rings. The Kier molecular flexibility index (Phi) is 2.59. The predicted molar refractivity (Wildman–Crippen MR) is 63.1 cm³/mol. The molecule has 6 heteroatoms. The highest BCUT2D eigenvalue weighted by Gasteiger charge is 2.35. The Morgan fingerprint density at radius 3 is 2.11 bits per heavy atom. The zero-order valence-electron chi connectivity index (χ0n) is 10.2. The van der Waals surface area contributed by atoms with Crippen LogP contribution < -0.4 is 0 Å². The fourth-order valence-corrected chi connectivity index (χ4v) is 2.81. The van der Waals surface area contributed by atoms with E-state index in [-0.39, 0.29) is 16.0 Å². The van der Waals surface area contributed by atoms with Gasteiger partial charge in [0.2, 0.25) is 0 Å². The van der Waals surface area contributed by atoms with Crippen LogP contribution in [0.3, 0.4) is 0 Å². The Balaban J connectivity index is 2.62. The number of hydrogen-bond donors (Lipinski definition) is 0. The highest BCUT2D eigenvalue weighted by Crippen LogP contribution is 2.29. The molecular weight excluding hydrogens is 256 g/mol. The molecule has 96 valence electrons. The first-order valence-electron chi connectivity index (χ1n) is 5.30. The Labute approximate surface area is 105 Å². The molecule has 0 aromatic heterocycles. The summed E-state index contributed by atoms with van der Waals surface area (Å²) < 4.78 is 27.8. The topological polar surface area (TPSA) is 77.5 Å². The van der Waals surface area contributed by atoms with Crippen molar-refractivity contribution < 1.29 is 22.7 Å². The monoisotopic (exact) mass is 268 g/mol. The maximum absolute atomic E-state index is 12.2. The van der Waals surface area contributed by atoms with E-state index in [1.165, 1.54) is 18.2 Å². The lowest BCUT2D eigenvalue weighted by molar-refractivity contribution is 0.0443. The molecule has 1 aliphatic heterocycles. The lowest BCUT2D eigenvalue weighted by atomic mass is 10.1. The van der Waals surface area contributed by atoms with Crippen LogP contribution in [0.2, 0.25) is 0 Å². The predicted octanol–water partition coefficient (Wildman–Crippen LogP) is 1.57. The van der Waals surface area contributed by atoms with Crippen LogP contribution in [-0.4, -0.2) is 25.1 Å². The molecule has 0 fully saturated rings. The number of rotatable bonds is 1. The van der Waals surface area contributed by atoms with Crippen molar-refractivity contribution in [1.82, 2.24) is 0 Å². The van der Waals surface area contributed by atoms with Gasteiger partial charge in [0.1, 0.15) is 0 Å². The average Bonchev–Trinajstić information content (AvgIpc) is 2.53. The van der Waals surface area contributed by atoms with E-state index in [2.05, 4.69) is 4.74 Å². The SMILES string of the molecule is CC(C)(C)S(=O)(=O)c1ccc2c(c1)C(=O)OC2=O. The molecular formula is C12H12O5S. The van der Waals surface area contributed by atoms with Gasteiger partial charge >= 0.3 is 11.9 Å². The Hall–Kier alpha value is -1.69. The van der Waals surface area contributed by atoms with Crippen LogP contribution in [0.4, 0.5) is 0 Å². The molecule has 18 heavy (non-hydrogen) atoms. The normalized spacial score (nSPS) is 15.5. The van der Waals surface area contributed by atoms with Crippen molar-refractivity contribution in [3.05, 3.63) is 29.3 Å². The van der Waals surface area contributed by atoms with Gasteiger partial charge < -0.3 is 4.74 Å². The van der Waals surface area contributed by atoms with E-state index >= 15 is 0 Å². The number of fused-ring (bicyclic) bond motifs is 1. The van der Waals surface area contributed by atoms with Gasteiger partial charge in [-0.15, -0.1) is 0 Å². The summed E-state index contributed by atoms with van der Waals surface area (Å²) in [7, 11) is -3.56. The molecule has 0 atom stereocenters. The number of esters is 2. The quantitative estimate of drug-likeness (QED) is 0.570. The molecule has 0 saturated heterocycles. The molecule has 5 nitrogen and oxygen atoms in total. The summed E-state index contributed by atoms with van der Waals surface area (Å²) in [5, 5.41) is 0. The second kappa shape index (κ2) is 3.65. The fourth-order valence-electron chi connectivity index (χ4n) is 1.59. The van der Waals surface area contributed by atoms with E-state index in [0.717, 1.165) is 0 Å². The number of ether oxygens (including phenoxy) is 1. The third-order valence-electron chi connectivity index (χ3n) is 2.73. The van der Waals surface area contributed by atoms with Crippen molar-refractivity contribution in [2.75, 3.05) is 0 Å². The zero-order chi connectivity index (χ0) is 13.7. The molecule has 0 saturated carbocycles. The summed E-state index contributed by atoms with van der Waals surface area (Å²) in [6.07, 6.45) is 0. The van der Waals surface area contributed by atoms with Crippen molar-refractivity contribution in [3.63, 3.8) is 0 Å². The number of cyclic esters (lactones) is 2. The highest BCUT2D eigenvalue weighted by atomic mass is 32.2. The minimum atomic E-state index is -3.56. The maximum Gasteiger partial charge on any atom is 0.346 e. The van der Waals surface area contributed by atoms with Crippen LogP contribution >= 0.6 is 0 Å². The summed E-state index contributed by atoms with van der Waals surface area (Å²) >= 11 is 0. The van der Waals surface area contributed by atoms with Crippen LogP contribution in [0.5, 0.6) is 0 Å². The summed E-state index contributed by atoms with van der Waals surface area (Å²) in [6.45, 7) is 4.71. The lowest BCUT2D eigenvalue weighted by Crippen LogP contribution is -2.28. The van der Waals surface area contributed by atoms with Crippen LogP contribution in [0.25, 0.3) is 0 Å². The summed E-state index contributed by atoms with van der Waals surface area (Å²) in [5.74, 6) is -1.55. The molecule has 0 N–H and O–H groups in total. The van der Waals surface area contributed by atoms with Crippen molar-refractivity contribution >= 4 is 21.8 Å². The van der Waals surface area contributed by atoms with Crippen molar-refractivity contribution in [3.8, 4) is 0 Å². The second-order valence-corrected chi connectivity index (χ2v) is 7.70. The van der Waals surface area contributed by atoms with Gasteiger partial charge in [0.15, 0.2) is 9.84 Å². The second-order valence-electron chi connectivity index (χ2n) is 5.00. The van der Waals surface area contributed by atoms with E-state index in [0.29, 0.717) is 0 Å². The minimum absolute atomic E-state index is 0.00493. The first-order chi connectivity index (χ1) is 8.14. The summed E-state index contributed by atoms with van der Waals surface area (Å²) in [5.41, 5.74) is 0.109. The molecule has 0 radical (unpaired) electrons. The molecule has 0 aliphatic carbocycles. The van der Waals surface area contributed by atoms with Crippen LogP contribution in [-0.2, 0) is 14.6 Å². The molecule has 0 unspecified atom stereocenters. The molecule has 2 rings (SSSR count). The van der Waals surface area contributed by atoms with Gasteiger partial charge in [-0.3, -0.25) is 0 Å². The van der Waals surface area contributed by atoms with E-state index in [9.17, 15) is 18.0 Å². The van der Waals surface area contributed by atoms with E-state index in [4.69, 9.17) is 0 Å². The molecule has 1 aromatic rings. The number of hydrogen-bond acceptors (Lipinski definition) is 5. The van der Waals surface area contributed by atoms with Crippen LogP contribution in [0.1, 0.15) is 41.5 Å². The average molecular weight is 268 g/mol. The summed E-state index contributed by atoms with van der Waals surface area (Å²) in [4.78, 5) is 22.6. The third kappa shape index (κ3) is 1.73. The first kappa shape index (κ1) is 12.8. The van der Waals surface area contributed by atoms with E-state index in [1.54, 1.807) is 20.8 Å². The molecule has 1 heterocycles. The molecule has 0 amide bonds. The largest absolute Gasteiger partial charge is 0.386 e. The Bertz CT molecular complexity index is 650. The minimum Gasteiger partial charge on any atom is -0.386 e. The Morgan fingerprint density at radius 2 is 1.56 bits per heavy atom. The highest BCUT2D eigenvalue weighted by molar-refractivity contribution is 7.92. The first-order valence-corrected chi connectivity index (χ1v) is 6.78. The van der Waals surface area contributed by atoms with Crippen LogP contribution in [0.15, 0.2) is 23.1 Å². The van der Waals surface area contributed by atoms with Gasteiger partial charge in [0.25, 0.3) is 0 Å². The van der Waals surface area contributed by atoms with Gasteiger partial charge in [-0.25, -0.2) is 18.0 Å². The van der Waals surface area contributed by atoms with Gasteiger partial charge in [-0.2, -0.15) is 0 Å². The van der Waals surface area contributed by atoms with E-state index < -0.39 is 26.5 Å². The van der Waals surface area contributed by atoms with Crippen molar-refractivity contribution in [1.29, 1.82) is 0 Å². The smallest absolute Gasteiger partial charge is 0.346 e. The fraction of sp³-hybridized carbons (Fsp3) is 0.333. The van der Waals surface area contributed by atoms with Gasteiger partial charge in [0.05, 0.1) is 20.8 Å².